The van der Waals surface area contributed by atoms with Crippen LogP contribution in [-0.2, 0) is 0 Å². The summed E-state index contributed by atoms with van der Waals surface area (Å²) in [6, 6.07) is 0. The molecule has 1 heterocycles. The van der Waals surface area contributed by atoms with Gasteiger partial charge in [0.2, 0.25) is 0 Å². The zero-order valence-electron chi connectivity index (χ0n) is 5.29. The molecule has 0 aromatic carbocycles. The SMILES string of the molecule is Bc1sc(P)nc1C(=O)O. The lowest BCUT2D eigenvalue weighted by atomic mass is 10.1. The summed E-state index contributed by atoms with van der Waals surface area (Å²) in [5, 5.41) is 8.51. The Morgan fingerprint density at radius 2 is 2.40 bits per heavy atom. The van der Waals surface area contributed by atoms with Gasteiger partial charge >= 0.3 is 5.97 Å². The van der Waals surface area contributed by atoms with Gasteiger partial charge in [-0.15, -0.1) is 11.3 Å². The van der Waals surface area contributed by atoms with Gasteiger partial charge in [0.15, 0.2) is 13.5 Å². The van der Waals surface area contributed by atoms with E-state index in [1.54, 1.807) is 7.85 Å². The molecule has 0 fully saturated rings. The largest absolute Gasteiger partial charge is 0.477 e. The van der Waals surface area contributed by atoms with Crippen molar-refractivity contribution in [1.29, 1.82) is 0 Å². The van der Waals surface area contributed by atoms with Crippen LogP contribution in [-0.4, -0.2) is 23.9 Å². The normalized spacial score (nSPS) is 9.70. The number of thiazole rings is 1. The summed E-state index contributed by atoms with van der Waals surface area (Å²) >= 11 is 1.37. The number of rotatable bonds is 1. The molecule has 0 spiro atoms. The third-order valence-electron chi connectivity index (χ3n) is 1.02. The minimum absolute atomic E-state index is 0.162. The van der Waals surface area contributed by atoms with Gasteiger partial charge in [0, 0.05) is 0 Å². The maximum Gasteiger partial charge on any atom is 0.354 e. The van der Waals surface area contributed by atoms with Crippen LogP contribution in [0.3, 0.4) is 0 Å². The van der Waals surface area contributed by atoms with Crippen LogP contribution in [0.15, 0.2) is 0 Å². The van der Waals surface area contributed by atoms with E-state index in [1.165, 1.54) is 11.3 Å². The third-order valence-corrected chi connectivity index (χ3v) is 2.30. The van der Waals surface area contributed by atoms with Crippen LogP contribution in [0.5, 0.6) is 0 Å². The van der Waals surface area contributed by atoms with Gasteiger partial charge in [-0.1, -0.05) is 9.24 Å². The van der Waals surface area contributed by atoms with Crippen LogP contribution in [0.2, 0.25) is 0 Å². The van der Waals surface area contributed by atoms with Gasteiger partial charge in [0.05, 0.1) is 0 Å². The molecular weight excluding hydrogens is 168 g/mol. The van der Waals surface area contributed by atoms with E-state index in [1.807, 2.05) is 0 Å². The summed E-state index contributed by atoms with van der Waals surface area (Å²) < 4.78 is 1.47. The van der Waals surface area contributed by atoms with Crippen molar-refractivity contribution in [3.63, 3.8) is 0 Å². The van der Waals surface area contributed by atoms with Crippen LogP contribution < -0.4 is 9.53 Å². The number of aromatic nitrogens is 1. The van der Waals surface area contributed by atoms with E-state index >= 15 is 0 Å². The molecule has 1 aromatic rings. The highest BCUT2D eigenvalue weighted by atomic mass is 32.1. The molecule has 1 unspecified atom stereocenters. The molecule has 0 saturated heterocycles. The number of carboxylic acid groups (broad SMARTS) is 1. The molecule has 52 valence electrons. The van der Waals surface area contributed by atoms with Crippen LogP contribution in [0.25, 0.3) is 0 Å². The average Bonchev–Trinajstić information content (AvgIpc) is 2.10. The Labute approximate surface area is 65.1 Å². The molecule has 3 nitrogen and oxygen atoms in total. The number of hydrogen-bond donors (Lipinski definition) is 1. The molecule has 0 bridgehead atoms. The van der Waals surface area contributed by atoms with Crippen LogP contribution >= 0.6 is 20.6 Å². The second-order valence-electron chi connectivity index (χ2n) is 1.76. The van der Waals surface area contributed by atoms with Gasteiger partial charge in [-0.05, 0) is 4.78 Å². The number of hydrogen-bond acceptors (Lipinski definition) is 3. The van der Waals surface area contributed by atoms with Crippen molar-refractivity contribution in [3.05, 3.63) is 5.69 Å². The van der Waals surface area contributed by atoms with Crippen molar-refractivity contribution in [2.45, 2.75) is 0 Å². The Morgan fingerprint density at radius 3 is 2.60 bits per heavy atom. The highest BCUT2D eigenvalue weighted by molar-refractivity contribution is 7.45. The summed E-state index contributed by atoms with van der Waals surface area (Å²) in [5.74, 6) is -0.956. The lowest BCUT2D eigenvalue weighted by Crippen LogP contribution is -2.11. The molecule has 0 aliphatic heterocycles. The first-order valence-corrected chi connectivity index (χ1v) is 3.97. The Hall–Kier alpha value is -0.405. The highest BCUT2D eigenvalue weighted by Gasteiger charge is 2.10. The first kappa shape index (κ1) is 7.70. The van der Waals surface area contributed by atoms with Crippen molar-refractivity contribution in [2.24, 2.45) is 0 Å². The molecule has 0 aliphatic carbocycles. The zero-order chi connectivity index (χ0) is 7.72. The van der Waals surface area contributed by atoms with Crippen LogP contribution in [0.1, 0.15) is 10.5 Å². The summed E-state index contributed by atoms with van der Waals surface area (Å²) in [6.07, 6.45) is 0. The first-order chi connectivity index (χ1) is 4.61. The highest BCUT2D eigenvalue weighted by Crippen LogP contribution is 1.97. The van der Waals surface area contributed by atoms with Crippen molar-refractivity contribution >= 4 is 43.9 Å². The smallest absolute Gasteiger partial charge is 0.354 e. The Kier molecular flexibility index (Phi) is 2.07. The minimum atomic E-state index is -0.956. The van der Waals surface area contributed by atoms with E-state index in [-0.39, 0.29) is 5.69 Å². The van der Waals surface area contributed by atoms with Gasteiger partial charge < -0.3 is 5.11 Å². The molecule has 0 radical (unpaired) electrons. The number of nitrogens with zero attached hydrogens (tertiary/aromatic N) is 1. The quantitative estimate of drug-likeness (QED) is 0.419. The van der Waals surface area contributed by atoms with Gasteiger partial charge in [-0.3, -0.25) is 0 Å². The molecule has 6 heteroatoms. The molecule has 1 rings (SSSR count). The molecule has 0 amide bonds. The first-order valence-electron chi connectivity index (χ1n) is 2.57. The summed E-state index contributed by atoms with van der Waals surface area (Å²) in [6.45, 7) is 0. The van der Waals surface area contributed by atoms with Crippen molar-refractivity contribution in [3.8, 4) is 0 Å². The van der Waals surface area contributed by atoms with Crippen molar-refractivity contribution in [1.82, 2.24) is 4.98 Å². The fourth-order valence-electron chi connectivity index (χ4n) is 0.615. The van der Waals surface area contributed by atoms with E-state index in [2.05, 4.69) is 14.2 Å². The van der Waals surface area contributed by atoms with Gasteiger partial charge in [0.1, 0.15) is 4.75 Å². The van der Waals surface area contributed by atoms with Crippen LogP contribution in [0.4, 0.5) is 0 Å². The summed E-state index contributed by atoms with van der Waals surface area (Å²) in [7, 11) is 4.12. The van der Waals surface area contributed by atoms with Crippen molar-refractivity contribution in [2.75, 3.05) is 0 Å². The maximum atomic E-state index is 10.4. The molecule has 0 aliphatic rings. The second-order valence-corrected chi connectivity index (χ2v) is 3.96. The Balaban J connectivity index is 3.15. The standard InChI is InChI=1S/C4H5BNO2PS/c5-2-1(3(7)8)6-4(9)10-2/h5,9H2,(H,7,8). The molecule has 1 atom stereocenters. The minimum Gasteiger partial charge on any atom is -0.477 e. The molecule has 1 aromatic heterocycles. The monoisotopic (exact) mass is 173 g/mol. The maximum absolute atomic E-state index is 10.4. The topological polar surface area (TPSA) is 50.2 Å². The zero-order valence-corrected chi connectivity index (χ0v) is 7.26. The lowest BCUT2D eigenvalue weighted by molar-refractivity contribution is 0.0693. The van der Waals surface area contributed by atoms with E-state index in [4.69, 9.17) is 5.11 Å². The number of carbonyl (C=O) groups is 1. The van der Waals surface area contributed by atoms with Crippen molar-refractivity contribution < 1.29 is 9.90 Å². The molecule has 0 saturated carbocycles. The van der Waals surface area contributed by atoms with E-state index in [0.29, 0.717) is 0 Å². The second kappa shape index (κ2) is 2.68. The molecule has 10 heavy (non-hydrogen) atoms. The lowest BCUT2D eigenvalue weighted by Gasteiger charge is -1.84. The van der Waals surface area contributed by atoms with Gasteiger partial charge in [-0.2, -0.15) is 0 Å². The molecular formula is C4H5BNO2PS. The number of carboxylic acids is 1. The summed E-state index contributed by atoms with van der Waals surface area (Å²) in [4.78, 5) is 14.2. The number of aromatic carboxylic acids is 1. The van der Waals surface area contributed by atoms with Gasteiger partial charge in [0.25, 0.3) is 0 Å². The Morgan fingerprint density at radius 1 is 1.80 bits per heavy atom. The van der Waals surface area contributed by atoms with E-state index < -0.39 is 5.97 Å². The fourth-order valence-corrected chi connectivity index (χ4v) is 1.96. The van der Waals surface area contributed by atoms with E-state index in [9.17, 15) is 4.79 Å². The van der Waals surface area contributed by atoms with E-state index in [0.717, 1.165) is 9.53 Å². The molecule has 1 N–H and O–H groups in total. The Bertz CT molecular complexity index is 274. The van der Waals surface area contributed by atoms with Crippen LogP contribution in [0, 0.1) is 0 Å². The predicted octanol–water partition coefficient (Wildman–Crippen LogP) is -1.40. The summed E-state index contributed by atoms with van der Waals surface area (Å²) in [5.41, 5.74) is 0.162. The fraction of sp³-hybridized carbons (Fsp3) is 0. The van der Waals surface area contributed by atoms with Gasteiger partial charge in [-0.25, -0.2) is 9.78 Å². The predicted molar refractivity (Wildman–Crippen MR) is 46.6 cm³/mol. The third kappa shape index (κ3) is 1.36. The average molecular weight is 173 g/mol.